The number of aromatic nitrogens is 1. The fraction of sp³-hybridized carbons (Fsp3) is 0.583. The Balaban J connectivity index is 2.04. The van der Waals surface area contributed by atoms with Crippen molar-refractivity contribution in [2.75, 3.05) is 18.4 Å². The maximum absolute atomic E-state index is 4.27. The lowest BCUT2D eigenvalue weighted by Crippen LogP contribution is -2.22. The lowest BCUT2D eigenvalue weighted by atomic mass is 10.1. The van der Waals surface area contributed by atoms with Gasteiger partial charge in [0.1, 0.15) is 0 Å². The minimum absolute atomic E-state index is 0.543. The maximum atomic E-state index is 4.27. The first kappa shape index (κ1) is 10.4. The van der Waals surface area contributed by atoms with Gasteiger partial charge in [0, 0.05) is 25.0 Å². The second kappa shape index (κ2) is 4.62. The molecule has 1 aliphatic rings. The summed E-state index contributed by atoms with van der Waals surface area (Å²) < 4.78 is 0. The number of rotatable bonds is 3. The molecule has 0 bridgehead atoms. The van der Waals surface area contributed by atoms with Gasteiger partial charge >= 0.3 is 0 Å². The van der Waals surface area contributed by atoms with Crippen LogP contribution < -0.4 is 10.6 Å². The predicted molar refractivity (Wildman–Crippen MR) is 63.2 cm³/mol. The molecule has 1 fully saturated rings. The minimum Gasteiger partial charge on any atom is -0.380 e. The number of pyridine rings is 1. The standard InChI is InChI=1S/C12H19N3/c1-9(2)10-5-12(8-14-6-10)15-11-3-4-13-7-11/h5-6,8-9,11,13,15H,3-4,7H2,1-2H3. The van der Waals surface area contributed by atoms with Gasteiger partial charge in [-0.3, -0.25) is 4.98 Å². The number of nitrogens with zero attached hydrogens (tertiary/aromatic N) is 1. The highest BCUT2D eigenvalue weighted by molar-refractivity contribution is 5.44. The van der Waals surface area contributed by atoms with Crippen molar-refractivity contribution in [2.24, 2.45) is 0 Å². The van der Waals surface area contributed by atoms with Gasteiger partial charge in [0.15, 0.2) is 0 Å². The molecular formula is C12H19N3. The smallest absolute Gasteiger partial charge is 0.0532 e. The molecule has 0 aromatic carbocycles. The molecule has 1 saturated heterocycles. The fourth-order valence-electron chi connectivity index (χ4n) is 1.87. The zero-order valence-electron chi connectivity index (χ0n) is 9.46. The van der Waals surface area contributed by atoms with Crippen LogP contribution in [-0.4, -0.2) is 24.1 Å². The van der Waals surface area contributed by atoms with E-state index in [1.807, 2.05) is 12.4 Å². The lowest BCUT2D eigenvalue weighted by molar-refractivity contribution is 0.790. The van der Waals surface area contributed by atoms with Gasteiger partial charge in [-0.2, -0.15) is 0 Å². The molecule has 15 heavy (non-hydrogen) atoms. The van der Waals surface area contributed by atoms with Crippen LogP contribution >= 0.6 is 0 Å². The number of hydrogen-bond acceptors (Lipinski definition) is 3. The first-order valence-corrected chi connectivity index (χ1v) is 5.68. The Morgan fingerprint density at radius 2 is 2.33 bits per heavy atom. The topological polar surface area (TPSA) is 37.0 Å². The molecule has 1 aromatic heterocycles. The van der Waals surface area contributed by atoms with Gasteiger partial charge < -0.3 is 10.6 Å². The molecule has 0 amide bonds. The molecule has 2 heterocycles. The highest BCUT2D eigenvalue weighted by atomic mass is 15.0. The van der Waals surface area contributed by atoms with Crippen molar-refractivity contribution in [3.8, 4) is 0 Å². The van der Waals surface area contributed by atoms with Gasteiger partial charge in [-0.25, -0.2) is 0 Å². The van der Waals surface area contributed by atoms with Crippen LogP contribution in [0.4, 0.5) is 5.69 Å². The molecule has 82 valence electrons. The van der Waals surface area contributed by atoms with E-state index in [0.29, 0.717) is 12.0 Å². The SMILES string of the molecule is CC(C)c1cncc(NC2CCNC2)c1. The summed E-state index contributed by atoms with van der Waals surface area (Å²) in [5, 5.41) is 6.86. The van der Waals surface area contributed by atoms with Gasteiger partial charge in [0.05, 0.1) is 5.69 Å². The van der Waals surface area contributed by atoms with Gasteiger partial charge in [0.25, 0.3) is 0 Å². The molecule has 0 spiro atoms. The van der Waals surface area contributed by atoms with Crippen LogP contribution in [0.2, 0.25) is 0 Å². The molecule has 2 N–H and O–H groups in total. The molecule has 1 aliphatic heterocycles. The van der Waals surface area contributed by atoms with Crippen LogP contribution in [0.15, 0.2) is 18.5 Å². The highest BCUT2D eigenvalue weighted by Crippen LogP contribution is 2.18. The first-order valence-electron chi connectivity index (χ1n) is 5.68. The van der Waals surface area contributed by atoms with Crippen molar-refractivity contribution < 1.29 is 0 Å². The third-order valence-corrected chi connectivity index (χ3v) is 2.86. The normalized spacial score (nSPS) is 20.9. The molecule has 1 atom stereocenters. The van der Waals surface area contributed by atoms with Crippen molar-refractivity contribution in [1.29, 1.82) is 0 Å². The summed E-state index contributed by atoms with van der Waals surface area (Å²) in [7, 11) is 0. The molecule has 0 radical (unpaired) electrons. The Labute approximate surface area is 91.3 Å². The summed E-state index contributed by atoms with van der Waals surface area (Å²) in [5.41, 5.74) is 2.45. The van der Waals surface area contributed by atoms with Gasteiger partial charge in [-0.05, 0) is 30.5 Å². The van der Waals surface area contributed by atoms with E-state index in [1.165, 1.54) is 12.0 Å². The van der Waals surface area contributed by atoms with E-state index in [0.717, 1.165) is 18.8 Å². The van der Waals surface area contributed by atoms with E-state index in [-0.39, 0.29) is 0 Å². The van der Waals surface area contributed by atoms with E-state index in [2.05, 4.69) is 35.5 Å². The Morgan fingerprint density at radius 1 is 1.47 bits per heavy atom. The summed E-state index contributed by atoms with van der Waals surface area (Å²) in [6, 6.07) is 2.77. The van der Waals surface area contributed by atoms with Crippen molar-refractivity contribution in [1.82, 2.24) is 10.3 Å². The van der Waals surface area contributed by atoms with Crippen LogP contribution in [0.25, 0.3) is 0 Å². The Bertz CT molecular complexity index is 316. The number of nitrogens with one attached hydrogen (secondary N) is 2. The largest absolute Gasteiger partial charge is 0.380 e. The molecule has 0 aliphatic carbocycles. The molecular weight excluding hydrogens is 186 g/mol. The summed E-state index contributed by atoms with van der Waals surface area (Å²) >= 11 is 0. The van der Waals surface area contributed by atoms with E-state index >= 15 is 0 Å². The summed E-state index contributed by atoms with van der Waals surface area (Å²) in [5.74, 6) is 0.543. The van der Waals surface area contributed by atoms with E-state index < -0.39 is 0 Å². The highest BCUT2D eigenvalue weighted by Gasteiger charge is 2.13. The maximum Gasteiger partial charge on any atom is 0.0532 e. The summed E-state index contributed by atoms with van der Waals surface area (Å²) in [4.78, 5) is 4.27. The second-order valence-corrected chi connectivity index (χ2v) is 4.50. The van der Waals surface area contributed by atoms with E-state index in [4.69, 9.17) is 0 Å². The van der Waals surface area contributed by atoms with Crippen LogP contribution in [0.3, 0.4) is 0 Å². The Hall–Kier alpha value is -1.09. The fourth-order valence-corrected chi connectivity index (χ4v) is 1.87. The molecule has 0 saturated carbocycles. The van der Waals surface area contributed by atoms with Crippen molar-refractivity contribution in [2.45, 2.75) is 32.2 Å². The van der Waals surface area contributed by atoms with E-state index in [1.54, 1.807) is 0 Å². The average Bonchev–Trinajstić information content (AvgIpc) is 2.71. The average molecular weight is 205 g/mol. The molecule has 3 nitrogen and oxygen atoms in total. The quantitative estimate of drug-likeness (QED) is 0.792. The van der Waals surface area contributed by atoms with Crippen LogP contribution in [0.5, 0.6) is 0 Å². The third-order valence-electron chi connectivity index (χ3n) is 2.86. The van der Waals surface area contributed by atoms with Gasteiger partial charge in [0.2, 0.25) is 0 Å². The Kier molecular flexibility index (Phi) is 3.21. The first-order chi connectivity index (χ1) is 7.25. The molecule has 1 aromatic rings. The van der Waals surface area contributed by atoms with Gasteiger partial charge in [-0.15, -0.1) is 0 Å². The monoisotopic (exact) mass is 205 g/mol. The van der Waals surface area contributed by atoms with Crippen LogP contribution in [-0.2, 0) is 0 Å². The van der Waals surface area contributed by atoms with Gasteiger partial charge in [-0.1, -0.05) is 13.8 Å². The lowest BCUT2D eigenvalue weighted by Gasteiger charge is -2.14. The molecule has 2 rings (SSSR count). The number of hydrogen-bond donors (Lipinski definition) is 2. The minimum atomic E-state index is 0.543. The van der Waals surface area contributed by atoms with Crippen LogP contribution in [0.1, 0.15) is 31.7 Å². The summed E-state index contributed by atoms with van der Waals surface area (Å²) in [6.45, 7) is 6.57. The van der Waals surface area contributed by atoms with Crippen molar-refractivity contribution in [3.63, 3.8) is 0 Å². The van der Waals surface area contributed by atoms with E-state index in [9.17, 15) is 0 Å². The zero-order valence-corrected chi connectivity index (χ0v) is 9.46. The van der Waals surface area contributed by atoms with Crippen LogP contribution in [0, 0.1) is 0 Å². The molecule has 1 unspecified atom stereocenters. The second-order valence-electron chi connectivity index (χ2n) is 4.50. The van der Waals surface area contributed by atoms with Crippen molar-refractivity contribution in [3.05, 3.63) is 24.0 Å². The zero-order chi connectivity index (χ0) is 10.7. The molecule has 3 heteroatoms. The predicted octanol–water partition coefficient (Wildman–Crippen LogP) is 1.98. The third kappa shape index (κ3) is 2.69. The Morgan fingerprint density at radius 3 is 3.00 bits per heavy atom. The number of anilines is 1. The summed E-state index contributed by atoms with van der Waals surface area (Å²) in [6.07, 6.45) is 5.05. The van der Waals surface area contributed by atoms with Crippen molar-refractivity contribution >= 4 is 5.69 Å².